The largest absolute Gasteiger partial charge is 0.326 e. The lowest BCUT2D eigenvalue weighted by atomic mass is 10.1. The standard InChI is InChI=1S/C21H27BrF2NO3PS/c22-19-14-21(20(24)13-17(19)15-25-10-4-11-28-29(26)27)30-12-3-1-2-5-16-6-8-18(23)9-7-16/h6-9,13-14,25,29H,1-5,10-12,15H2,(H,26,27). The van der Waals surface area contributed by atoms with Crippen molar-refractivity contribution < 1.29 is 22.8 Å². The van der Waals surface area contributed by atoms with Crippen LogP contribution in [0.5, 0.6) is 0 Å². The average molecular weight is 522 g/mol. The van der Waals surface area contributed by atoms with E-state index in [1.165, 1.54) is 30.0 Å². The molecular formula is C21H27BrF2NO3PS. The van der Waals surface area contributed by atoms with Crippen molar-refractivity contribution in [3.05, 3.63) is 63.6 Å². The minimum atomic E-state index is -2.87. The minimum Gasteiger partial charge on any atom is -0.326 e. The van der Waals surface area contributed by atoms with Crippen LogP contribution in [0.3, 0.4) is 0 Å². The van der Waals surface area contributed by atoms with Gasteiger partial charge in [0.2, 0.25) is 0 Å². The van der Waals surface area contributed by atoms with Gasteiger partial charge >= 0.3 is 8.25 Å². The number of unbranched alkanes of at least 4 members (excludes halogenated alkanes) is 2. The van der Waals surface area contributed by atoms with Crippen molar-refractivity contribution in [2.45, 2.75) is 43.5 Å². The van der Waals surface area contributed by atoms with E-state index in [9.17, 15) is 13.3 Å². The predicted molar refractivity (Wildman–Crippen MR) is 122 cm³/mol. The van der Waals surface area contributed by atoms with Crippen LogP contribution in [0.25, 0.3) is 0 Å². The number of nitrogens with one attached hydrogen (secondary N) is 1. The van der Waals surface area contributed by atoms with E-state index in [0.717, 1.165) is 47.0 Å². The molecule has 0 aliphatic heterocycles. The molecule has 166 valence electrons. The molecule has 1 unspecified atom stereocenters. The third-order valence-corrected chi connectivity index (χ3v) is 6.73. The highest BCUT2D eigenvalue weighted by Crippen LogP contribution is 2.29. The zero-order valence-corrected chi connectivity index (χ0v) is 20.0. The number of rotatable bonds is 14. The quantitative estimate of drug-likeness (QED) is 0.178. The molecule has 0 aliphatic carbocycles. The molecule has 30 heavy (non-hydrogen) atoms. The van der Waals surface area contributed by atoms with Gasteiger partial charge in [0, 0.05) is 15.9 Å². The highest BCUT2D eigenvalue weighted by molar-refractivity contribution is 9.10. The molecule has 0 spiro atoms. The second-order valence-electron chi connectivity index (χ2n) is 6.80. The monoisotopic (exact) mass is 521 g/mol. The van der Waals surface area contributed by atoms with Gasteiger partial charge in [0.05, 0.1) is 6.61 Å². The van der Waals surface area contributed by atoms with Crippen LogP contribution in [-0.4, -0.2) is 23.8 Å². The Labute approximate surface area is 189 Å². The first kappa shape index (κ1) is 25.5. The molecule has 0 saturated carbocycles. The van der Waals surface area contributed by atoms with E-state index in [1.54, 1.807) is 0 Å². The van der Waals surface area contributed by atoms with Gasteiger partial charge in [-0.2, -0.15) is 0 Å². The van der Waals surface area contributed by atoms with Gasteiger partial charge in [-0.15, -0.1) is 11.8 Å². The van der Waals surface area contributed by atoms with Crippen molar-refractivity contribution in [2.75, 3.05) is 18.9 Å². The third kappa shape index (κ3) is 10.0. The fraction of sp³-hybridized carbons (Fsp3) is 0.429. The minimum absolute atomic E-state index is 0.211. The fourth-order valence-electron chi connectivity index (χ4n) is 2.84. The number of hydrogen-bond donors (Lipinski definition) is 2. The van der Waals surface area contributed by atoms with Crippen molar-refractivity contribution in [3.8, 4) is 0 Å². The van der Waals surface area contributed by atoms with Crippen LogP contribution in [0.1, 0.15) is 36.8 Å². The molecule has 0 saturated heterocycles. The first-order chi connectivity index (χ1) is 14.5. The van der Waals surface area contributed by atoms with E-state index >= 15 is 0 Å². The third-order valence-electron chi connectivity index (χ3n) is 4.42. The first-order valence-corrected chi connectivity index (χ1v) is 12.9. The number of thioether (sulfide) groups is 1. The normalized spacial score (nSPS) is 12.3. The van der Waals surface area contributed by atoms with Gasteiger partial charge in [-0.05, 0) is 73.4 Å². The first-order valence-electron chi connectivity index (χ1n) is 9.87. The molecule has 0 fully saturated rings. The maximum Gasteiger partial charge on any atom is 0.316 e. The number of hydrogen-bond acceptors (Lipinski definition) is 4. The van der Waals surface area contributed by atoms with E-state index in [-0.39, 0.29) is 18.2 Å². The zero-order valence-electron chi connectivity index (χ0n) is 16.6. The number of benzene rings is 2. The van der Waals surface area contributed by atoms with Crippen molar-refractivity contribution in [1.29, 1.82) is 0 Å². The van der Waals surface area contributed by atoms with E-state index in [4.69, 9.17) is 4.89 Å². The van der Waals surface area contributed by atoms with Crippen LogP contribution < -0.4 is 5.32 Å². The molecule has 4 nitrogen and oxygen atoms in total. The Morgan fingerprint density at radius 2 is 1.87 bits per heavy atom. The maximum atomic E-state index is 14.4. The molecule has 0 radical (unpaired) electrons. The highest BCUT2D eigenvalue weighted by Gasteiger charge is 2.09. The van der Waals surface area contributed by atoms with Gasteiger partial charge in [0.25, 0.3) is 0 Å². The Morgan fingerprint density at radius 1 is 1.10 bits per heavy atom. The van der Waals surface area contributed by atoms with E-state index in [2.05, 4.69) is 25.8 Å². The average Bonchev–Trinajstić information content (AvgIpc) is 2.71. The Balaban J connectivity index is 1.65. The molecule has 2 aromatic rings. The van der Waals surface area contributed by atoms with Crippen molar-refractivity contribution in [1.82, 2.24) is 5.32 Å². The Morgan fingerprint density at radius 3 is 2.60 bits per heavy atom. The second kappa shape index (κ2) is 14.3. The van der Waals surface area contributed by atoms with Gasteiger partial charge in [-0.3, -0.25) is 4.57 Å². The number of aryl methyl sites for hydroxylation is 1. The molecule has 0 aliphatic rings. The SMILES string of the molecule is O=[PH](O)OCCCNCc1cc(F)c(SCCCCCc2ccc(F)cc2)cc1Br. The smallest absolute Gasteiger partial charge is 0.316 e. The second-order valence-corrected chi connectivity index (χ2v) is 9.62. The van der Waals surface area contributed by atoms with E-state index < -0.39 is 8.25 Å². The summed E-state index contributed by atoms with van der Waals surface area (Å²) < 4.78 is 43.2. The Kier molecular flexibility index (Phi) is 12.2. The lowest BCUT2D eigenvalue weighted by molar-refractivity contribution is 0.276. The summed E-state index contributed by atoms with van der Waals surface area (Å²) in [6.07, 6.45) is 4.60. The molecule has 2 rings (SSSR count). The molecule has 0 heterocycles. The van der Waals surface area contributed by atoms with Gasteiger partial charge < -0.3 is 14.7 Å². The predicted octanol–water partition coefficient (Wildman–Crippen LogP) is 6.11. The maximum absolute atomic E-state index is 14.4. The van der Waals surface area contributed by atoms with Gasteiger partial charge in [-0.1, -0.05) is 34.5 Å². The molecular weight excluding hydrogens is 495 g/mol. The molecule has 9 heteroatoms. The molecule has 2 aromatic carbocycles. The summed E-state index contributed by atoms with van der Waals surface area (Å²) in [6, 6.07) is 9.97. The van der Waals surface area contributed by atoms with Crippen LogP contribution in [0, 0.1) is 11.6 Å². The molecule has 1 atom stereocenters. The highest BCUT2D eigenvalue weighted by atomic mass is 79.9. The van der Waals surface area contributed by atoms with Crippen LogP contribution in [0.15, 0.2) is 45.8 Å². The lowest BCUT2D eigenvalue weighted by Crippen LogP contribution is -2.16. The fourth-order valence-corrected chi connectivity index (χ4v) is 4.76. The summed E-state index contributed by atoms with van der Waals surface area (Å²) in [5.41, 5.74) is 1.97. The topological polar surface area (TPSA) is 58.6 Å². The lowest BCUT2D eigenvalue weighted by Gasteiger charge is -2.10. The van der Waals surface area contributed by atoms with Gasteiger partial charge in [-0.25, -0.2) is 8.78 Å². The molecule has 0 aromatic heterocycles. The van der Waals surface area contributed by atoms with Crippen LogP contribution in [0.4, 0.5) is 8.78 Å². The Bertz CT molecular complexity index is 812. The number of halogens is 3. The van der Waals surface area contributed by atoms with E-state index in [1.807, 2.05) is 18.2 Å². The summed E-state index contributed by atoms with van der Waals surface area (Å²) >= 11 is 5.02. The van der Waals surface area contributed by atoms with Crippen LogP contribution in [-0.2, 0) is 22.1 Å². The summed E-state index contributed by atoms with van der Waals surface area (Å²) in [6.45, 7) is 1.33. The van der Waals surface area contributed by atoms with Crippen LogP contribution in [0.2, 0.25) is 0 Å². The summed E-state index contributed by atoms with van der Waals surface area (Å²) in [7, 11) is -2.87. The molecule has 2 N–H and O–H groups in total. The summed E-state index contributed by atoms with van der Waals surface area (Å²) in [4.78, 5) is 9.21. The van der Waals surface area contributed by atoms with Crippen molar-refractivity contribution >= 4 is 35.9 Å². The van der Waals surface area contributed by atoms with Crippen molar-refractivity contribution in [3.63, 3.8) is 0 Å². The van der Waals surface area contributed by atoms with E-state index in [0.29, 0.717) is 24.4 Å². The Hall–Kier alpha value is -0.760. The van der Waals surface area contributed by atoms with Gasteiger partial charge in [0.15, 0.2) is 0 Å². The molecule has 0 bridgehead atoms. The zero-order chi connectivity index (χ0) is 21.8. The summed E-state index contributed by atoms with van der Waals surface area (Å²) in [5.74, 6) is 0.407. The van der Waals surface area contributed by atoms with Crippen LogP contribution >= 0.6 is 35.9 Å². The molecule has 0 amide bonds. The van der Waals surface area contributed by atoms with Gasteiger partial charge in [0.1, 0.15) is 11.6 Å². The summed E-state index contributed by atoms with van der Waals surface area (Å²) in [5, 5.41) is 3.17. The van der Waals surface area contributed by atoms with Crippen molar-refractivity contribution in [2.24, 2.45) is 0 Å².